The first-order valence-corrected chi connectivity index (χ1v) is 6.44. The largest absolute Gasteiger partial charge is 0.306 e. The number of pyridine rings is 1. The molecular weight excluding hydrogens is 196 g/mol. The summed E-state index contributed by atoms with van der Waals surface area (Å²) >= 11 is 0. The van der Waals surface area contributed by atoms with Crippen molar-refractivity contribution in [3.8, 4) is 0 Å². The Morgan fingerprint density at radius 2 is 2.12 bits per heavy atom. The minimum atomic E-state index is 0.350. The van der Waals surface area contributed by atoms with E-state index in [1.54, 1.807) is 0 Å². The van der Waals surface area contributed by atoms with Gasteiger partial charge < -0.3 is 5.32 Å². The lowest BCUT2D eigenvalue weighted by Gasteiger charge is -2.21. The zero-order valence-electron chi connectivity index (χ0n) is 10.7. The van der Waals surface area contributed by atoms with Crippen molar-refractivity contribution in [1.29, 1.82) is 0 Å². The van der Waals surface area contributed by atoms with Gasteiger partial charge in [-0.05, 0) is 31.9 Å². The van der Waals surface area contributed by atoms with Crippen LogP contribution in [0.2, 0.25) is 0 Å². The normalized spacial score (nSPS) is 14.7. The van der Waals surface area contributed by atoms with Crippen LogP contribution in [0.1, 0.15) is 58.2 Å². The van der Waals surface area contributed by atoms with Gasteiger partial charge in [-0.15, -0.1) is 0 Å². The van der Waals surface area contributed by atoms with E-state index in [1.807, 2.05) is 18.3 Å². The van der Waals surface area contributed by atoms with E-state index in [0.29, 0.717) is 12.1 Å². The average molecular weight is 220 g/mol. The molecule has 1 aromatic heterocycles. The minimum absolute atomic E-state index is 0.350. The molecule has 0 aromatic carbocycles. The lowest BCUT2D eigenvalue weighted by atomic mass is 10.1. The van der Waals surface area contributed by atoms with Gasteiger partial charge in [0.2, 0.25) is 0 Å². The predicted octanol–water partition coefficient (Wildman–Crippen LogP) is 3.70. The summed E-state index contributed by atoms with van der Waals surface area (Å²) < 4.78 is 0. The lowest BCUT2D eigenvalue weighted by molar-refractivity contribution is 0.406. The SMILES string of the molecule is CCCCC(CC)N[C@H](C)c1ccccn1. The van der Waals surface area contributed by atoms with Crippen molar-refractivity contribution in [2.24, 2.45) is 0 Å². The van der Waals surface area contributed by atoms with Crippen LogP contribution < -0.4 is 5.32 Å². The van der Waals surface area contributed by atoms with E-state index in [9.17, 15) is 0 Å². The Balaban J connectivity index is 2.45. The Labute approximate surface area is 99.5 Å². The first-order chi connectivity index (χ1) is 7.77. The Morgan fingerprint density at radius 3 is 2.69 bits per heavy atom. The predicted molar refractivity (Wildman–Crippen MR) is 69.4 cm³/mol. The number of hydrogen-bond acceptors (Lipinski definition) is 2. The molecule has 0 radical (unpaired) electrons. The van der Waals surface area contributed by atoms with Crippen molar-refractivity contribution in [2.45, 2.75) is 58.5 Å². The quantitative estimate of drug-likeness (QED) is 0.758. The van der Waals surface area contributed by atoms with Crippen molar-refractivity contribution in [3.05, 3.63) is 30.1 Å². The first kappa shape index (κ1) is 13.2. The summed E-state index contributed by atoms with van der Waals surface area (Å²) in [6.45, 7) is 6.68. The van der Waals surface area contributed by atoms with Gasteiger partial charge in [0, 0.05) is 18.3 Å². The molecule has 1 unspecified atom stereocenters. The second-order valence-electron chi connectivity index (χ2n) is 4.39. The number of aromatic nitrogens is 1. The van der Waals surface area contributed by atoms with E-state index in [0.717, 1.165) is 5.69 Å². The van der Waals surface area contributed by atoms with Gasteiger partial charge in [-0.2, -0.15) is 0 Å². The number of nitrogens with one attached hydrogen (secondary N) is 1. The van der Waals surface area contributed by atoms with Gasteiger partial charge in [-0.25, -0.2) is 0 Å². The Bertz CT molecular complexity index is 271. The van der Waals surface area contributed by atoms with Crippen molar-refractivity contribution < 1.29 is 0 Å². The molecule has 2 heteroatoms. The molecule has 90 valence electrons. The highest BCUT2D eigenvalue weighted by atomic mass is 15.0. The maximum atomic E-state index is 4.38. The summed E-state index contributed by atoms with van der Waals surface area (Å²) in [7, 11) is 0. The molecule has 0 saturated carbocycles. The fourth-order valence-corrected chi connectivity index (χ4v) is 1.93. The molecular formula is C14H24N2. The highest BCUT2D eigenvalue weighted by Crippen LogP contribution is 2.13. The third kappa shape index (κ3) is 4.31. The maximum Gasteiger partial charge on any atom is 0.0570 e. The molecule has 0 aliphatic rings. The second-order valence-corrected chi connectivity index (χ2v) is 4.39. The van der Waals surface area contributed by atoms with Crippen LogP contribution in [0.4, 0.5) is 0 Å². The number of nitrogens with zero attached hydrogens (tertiary/aromatic N) is 1. The van der Waals surface area contributed by atoms with Crippen LogP contribution in [-0.4, -0.2) is 11.0 Å². The molecule has 1 N–H and O–H groups in total. The van der Waals surface area contributed by atoms with E-state index in [-0.39, 0.29) is 0 Å². The smallest absolute Gasteiger partial charge is 0.0570 e. The Morgan fingerprint density at radius 1 is 1.31 bits per heavy atom. The number of rotatable bonds is 7. The first-order valence-electron chi connectivity index (χ1n) is 6.44. The van der Waals surface area contributed by atoms with Crippen LogP contribution in [0, 0.1) is 0 Å². The zero-order valence-corrected chi connectivity index (χ0v) is 10.7. The summed E-state index contributed by atoms with van der Waals surface area (Å²) in [5.74, 6) is 0. The molecule has 0 spiro atoms. The van der Waals surface area contributed by atoms with Crippen molar-refractivity contribution in [3.63, 3.8) is 0 Å². The van der Waals surface area contributed by atoms with Crippen LogP contribution in [0.15, 0.2) is 24.4 Å². The summed E-state index contributed by atoms with van der Waals surface area (Å²) in [5, 5.41) is 3.66. The van der Waals surface area contributed by atoms with Gasteiger partial charge >= 0.3 is 0 Å². The third-order valence-electron chi connectivity index (χ3n) is 3.02. The summed E-state index contributed by atoms with van der Waals surface area (Å²) in [6.07, 6.45) is 6.90. The molecule has 2 atom stereocenters. The van der Waals surface area contributed by atoms with Gasteiger partial charge in [0.25, 0.3) is 0 Å². The van der Waals surface area contributed by atoms with Crippen LogP contribution in [0.25, 0.3) is 0 Å². The standard InChI is InChI=1S/C14H24N2/c1-4-6-9-13(5-2)16-12(3)14-10-7-8-11-15-14/h7-8,10-13,16H,4-6,9H2,1-3H3/t12-,13?/m1/s1. The molecule has 16 heavy (non-hydrogen) atoms. The van der Waals surface area contributed by atoms with Gasteiger partial charge in [0.15, 0.2) is 0 Å². The van der Waals surface area contributed by atoms with Crippen molar-refractivity contribution in [2.75, 3.05) is 0 Å². The number of unbranched alkanes of at least 4 members (excludes halogenated alkanes) is 1. The Hall–Kier alpha value is -0.890. The van der Waals surface area contributed by atoms with Crippen LogP contribution in [-0.2, 0) is 0 Å². The number of hydrogen-bond donors (Lipinski definition) is 1. The van der Waals surface area contributed by atoms with Crippen LogP contribution in [0.3, 0.4) is 0 Å². The van der Waals surface area contributed by atoms with Crippen molar-refractivity contribution in [1.82, 2.24) is 10.3 Å². The molecule has 1 aromatic rings. The highest BCUT2D eigenvalue weighted by molar-refractivity contribution is 5.07. The van der Waals surface area contributed by atoms with E-state index >= 15 is 0 Å². The average Bonchev–Trinajstić information content (AvgIpc) is 2.35. The summed E-state index contributed by atoms with van der Waals surface area (Å²) in [5.41, 5.74) is 1.14. The minimum Gasteiger partial charge on any atom is -0.306 e. The van der Waals surface area contributed by atoms with Gasteiger partial charge in [-0.3, -0.25) is 4.98 Å². The van der Waals surface area contributed by atoms with E-state index in [2.05, 4.69) is 37.1 Å². The fraction of sp³-hybridized carbons (Fsp3) is 0.643. The van der Waals surface area contributed by atoms with E-state index in [4.69, 9.17) is 0 Å². The highest BCUT2D eigenvalue weighted by Gasteiger charge is 2.11. The maximum absolute atomic E-state index is 4.38. The molecule has 0 saturated heterocycles. The summed E-state index contributed by atoms with van der Waals surface area (Å²) in [4.78, 5) is 4.38. The fourth-order valence-electron chi connectivity index (χ4n) is 1.93. The topological polar surface area (TPSA) is 24.9 Å². The second kappa shape index (κ2) is 7.39. The lowest BCUT2D eigenvalue weighted by Crippen LogP contribution is -2.31. The van der Waals surface area contributed by atoms with Crippen LogP contribution >= 0.6 is 0 Å². The third-order valence-corrected chi connectivity index (χ3v) is 3.02. The Kier molecular flexibility index (Phi) is 6.09. The zero-order chi connectivity index (χ0) is 11.8. The molecule has 0 aliphatic carbocycles. The van der Waals surface area contributed by atoms with Gasteiger partial charge in [0.1, 0.15) is 0 Å². The molecule has 0 amide bonds. The van der Waals surface area contributed by atoms with Gasteiger partial charge in [-0.1, -0.05) is 32.8 Å². The van der Waals surface area contributed by atoms with Crippen molar-refractivity contribution >= 4 is 0 Å². The molecule has 2 nitrogen and oxygen atoms in total. The van der Waals surface area contributed by atoms with E-state index in [1.165, 1.54) is 25.7 Å². The summed E-state index contributed by atoms with van der Waals surface area (Å²) in [6, 6.07) is 7.07. The molecule has 1 rings (SSSR count). The molecule has 0 aliphatic heterocycles. The van der Waals surface area contributed by atoms with Crippen LogP contribution in [0.5, 0.6) is 0 Å². The van der Waals surface area contributed by atoms with Gasteiger partial charge in [0.05, 0.1) is 5.69 Å². The monoisotopic (exact) mass is 220 g/mol. The molecule has 0 bridgehead atoms. The molecule has 1 heterocycles. The molecule has 0 fully saturated rings. The van der Waals surface area contributed by atoms with E-state index < -0.39 is 0 Å².